The third-order valence-corrected chi connectivity index (χ3v) is 13.8. The molecule has 6 aromatic rings. The van der Waals surface area contributed by atoms with Gasteiger partial charge in [-0.2, -0.15) is 0 Å². The molecule has 0 saturated carbocycles. The van der Waals surface area contributed by atoms with E-state index in [1.54, 1.807) is 0 Å². The van der Waals surface area contributed by atoms with Crippen LogP contribution in [0.1, 0.15) is 53.6 Å². The molecule has 4 nitrogen and oxygen atoms in total. The van der Waals surface area contributed by atoms with Crippen molar-refractivity contribution in [3.05, 3.63) is 215 Å². The van der Waals surface area contributed by atoms with Crippen molar-refractivity contribution in [2.45, 2.75) is 29.8 Å². The van der Waals surface area contributed by atoms with E-state index >= 15 is 0 Å². The van der Waals surface area contributed by atoms with Crippen LogP contribution in [0.5, 0.6) is 0 Å². The summed E-state index contributed by atoms with van der Waals surface area (Å²) in [5, 5.41) is 3.33. The molecular weight excluding hydrogens is 735 g/mol. The Bertz CT molecular complexity index is 1820. The first-order valence-corrected chi connectivity index (χ1v) is 22.4. The largest absolute Gasteiger partial charge is 0.354 e. The predicted octanol–water partition coefficient (Wildman–Crippen LogP) is 10.6. The lowest BCUT2D eigenvalue weighted by Crippen LogP contribution is -2.41. The summed E-state index contributed by atoms with van der Waals surface area (Å²) in [6.45, 7) is 10.2. The van der Waals surface area contributed by atoms with Crippen LogP contribution in [-0.4, -0.2) is 73.0 Å². The molecule has 6 rings (SSSR count). The quantitative estimate of drug-likeness (QED) is 0.0547. The third-order valence-electron chi connectivity index (χ3n) is 10.8. The van der Waals surface area contributed by atoms with Gasteiger partial charge < -0.3 is 10.2 Å². The van der Waals surface area contributed by atoms with Gasteiger partial charge in [-0.05, 0) is 66.0 Å². The molecule has 1 N–H and O–H groups in total. The fraction of sp³-hybridized carbons (Fsp3) is 0.275. The molecule has 0 fully saturated rings. The highest BCUT2D eigenvalue weighted by atomic mass is 32.2. The first-order valence-electron chi connectivity index (χ1n) is 20.4. The first kappa shape index (κ1) is 42.0. The van der Waals surface area contributed by atoms with Gasteiger partial charge in [-0.15, -0.1) is 23.5 Å². The first-order chi connectivity index (χ1) is 28.1. The minimum atomic E-state index is -0.412. The molecule has 0 saturated heterocycles. The van der Waals surface area contributed by atoms with Gasteiger partial charge in [0.1, 0.15) is 0 Å². The summed E-state index contributed by atoms with van der Waals surface area (Å²) in [4.78, 5) is 18.7. The number of hydrogen-bond acceptors (Lipinski definition) is 5. The van der Waals surface area contributed by atoms with Crippen molar-refractivity contribution < 1.29 is 4.79 Å². The van der Waals surface area contributed by atoms with E-state index in [1.807, 2.05) is 23.5 Å². The zero-order chi connectivity index (χ0) is 39.6. The number of nitrogens with one attached hydrogen (secondary N) is 1. The molecule has 0 aromatic heterocycles. The molecule has 0 unspecified atom stereocenters. The Morgan fingerprint density at radius 3 is 1.11 bits per heavy atom. The minimum absolute atomic E-state index is 0.0774. The summed E-state index contributed by atoms with van der Waals surface area (Å²) < 4.78 is -0.802. The Morgan fingerprint density at radius 2 is 0.772 bits per heavy atom. The number of carbonyl (C=O) groups excluding carboxylic acids is 1. The summed E-state index contributed by atoms with van der Waals surface area (Å²) >= 11 is 3.85. The van der Waals surface area contributed by atoms with Crippen molar-refractivity contribution in [2.24, 2.45) is 0 Å². The number of benzene rings is 6. The van der Waals surface area contributed by atoms with E-state index in [2.05, 4.69) is 211 Å². The second-order valence-corrected chi connectivity index (χ2v) is 16.9. The summed E-state index contributed by atoms with van der Waals surface area (Å²) in [6.07, 6.45) is 1.02. The summed E-state index contributed by atoms with van der Waals surface area (Å²) in [5.41, 5.74) is 7.46. The van der Waals surface area contributed by atoms with E-state index < -0.39 is 4.75 Å². The van der Waals surface area contributed by atoms with Gasteiger partial charge >= 0.3 is 0 Å². The molecule has 1 amide bonds. The molecule has 6 aromatic carbocycles. The van der Waals surface area contributed by atoms with Gasteiger partial charge in [0.15, 0.2) is 0 Å². The predicted molar refractivity (Wildman–Crippen MR) is 245 cm³/mol. The van der Waals surface area contributed by atoms with E-state index in [1.165, 1.54) is 33.4 Å². The zero-order valence-electron chi connectivity index (χ0n) is 33.5. The Kier molecular flexibility index (Phi) is 16.1. The molecule has 0 aliphatic carbocycles. The number of thioether (sulfide) groups is 2. The number of hydrogen-bond donors (Lipinski definition) is 1. The molecule has 0 bridgehead atoms. The van der Waals surface area contributed by atoms with Crippen molar-refractivity contribution in [1.29, 1.82) is 0 Å². The molecular formula is C51H57N3OS2. The topological polar surface area (TPSA) is 35.6 Å². The molecule has 6 heteroatoms. The van der Waals surface area contributed by atoms with E-state index in [0.717, 1.165) is 50.7 Å². The summed E-state index contributed by atoms with van der Waals surface area (Å²) in [7, 11) is 0. The minimum Gasteiger partial charge on any atom is -0.354 e. The number of rotatable bonds is 22. The molecule has 0 spiro atoms. The van der Waals surface area contributed by atoms with Crippen molar-refractivity contribution in [2.75, 3.05) is 57.3 Å². The highest BCUT2D eigenvalue weighted by Crippen LogP contribution is 2.49. The molecule has 294 valence electrons. The lowest BCUT2D eigenvalue weighted by Gasteiger charge is -2.36. The summed E-state index contributed by atoms with van der Waals surface area (Å²) in [6, 6.07) is 64.9. The maximum atomic E-state index is 13.8. The Morgan fingerprint density at radius 1 is 0.456 bits per heavy atom. The molecule has 0 radical (unpaired) electrons. The number of amides is 1. The Labute approximate surface area is 350 Å². The van der Waals surface area contributed by atoms with Crippen molar-refractivity contribution in [3.8, 4) is 0 Å². The van der Waals surface area contributed by atoms with Gasteiger partial charge in [0.05, 0.1) is 16.0 Å². The SMILES string of the molecule is CCN(CC)CCCN(CCSC(c1ccccc1)(c1ccccc1)c1ccccc1)CC(=O)NCCSC(c1ccccc1)(c1ccccc1)c1ccccc1. The van der Waals surface area contributed by atoms with Gasteiger partial charge in [0, 0.05) is 24.6 Å². The maximum absolute atomic E-state index is 13.8. The van der Waals surface area contributed by atoms with Crippen molar-refractivity contribution in [3.63, 3.8) is 0 Å². The Hall–Kier alpha value is -4.59. The molecule has 0 aliphatic rings. The fourth-order valence-electron chi connectivity index (χ4n) is 7.85. The summed E-state index contributed by atoms with van der Waals surface area (Å²) in [5.74, 6) is 1.70. The van der Waals surface area contributed by atoms with Crippen LogP contribution in [0.15, 0.2) is 182 Å². The van der Waals surface area contributed by atoms with Crippen LogP contribution in [0.3, 0.4) is 0 Å². The average Bonchev–Trinajstić information content (AvgIpc) is 3.28. The lowest BCUT2D eigenvalue weighted by molar-refractivity contribution is -0.122. The fourth-order valence-corrected chi connectivity index (χ4v) is 10.8. The van der Waals surface area contributed by atoms with Gasteiger partial charge in [-0.1, -0.05) is 196 Å². The van der Waals surface area contributed by atoms with Crippen LogP contribution in [0.4, 0.5) is 0 Å². The van der Waals surface area contributed by atoms with Crippen LogP contribution in [0, 0.1) is 0 Å². The number of nitrogens with zero attached hydrogens (tertiary/aromatic N) is 2. The Balaban J connectivity index is 1.17. The van der Waals surface area contributed by atoms with E-state index in [4.69, 9.17) is 0 Å². The smallest absolute Gasteiger partial charge is 0.234 e. The van der Waals surface area contributed by atoms with Gasteiger partial charge in [0.2, 0.25) is 5.91 Å². The molecule has 57 heavy (non-hydrogen) atoms. The van der Waals surface area contributed by atoms with Crippen LogP contribution in [0.25, 0.3) is 0 Å². The molecule has 0 atom stereocenters. The monoisotopic (exact) mass is 791 g/mol. The van der Waals surface area contributed by atoms with Crippen LogP contribution in [0.2, 0.25) is 0 Å². The van der Waals surface area contributed by atoms with E-state index in [-0.39, 0.29) is 10.7 Å². The van der Waals surface area contributed by atoms with Gasteiger partial charge in [-0.3, -0.25) is 9.69 Å². The second kappa shape index (κ2) is 21.8. The van der Waals surface area contributed by atoms with Crippen molar-refractivity contribution >= 4 is 29.4 Å². The van der Waals surface area contributed by atoms with Gasteiger partial charge in [0.25, 0.3) is 0 Å². The van der Waals surface area contributed by atoms with Crippen molar-refractivity contribution in [1.82, 2.24) is 15.1 Å². The van der Waals surface area contributed by atoms with Gasteiger partial charge in [-0.25, -0.2) is 0 Å². The normalized spacial score (nSPS) is 11.9. The van der Waals surface area contributed by atoms with Crippen LogP contribution in [-0.2, 0) is 14.3 Å². The third kappa shape index (κ3) is 10.7. The average molecular weight is 792 g/mol. The van der Waals surface area contributed by atoms with E-state index in [9.17, 15) is 4.79 Å². The molecule has 0 aliphatic heterocycles. The zero-order valence-corrected chi connectivity index (χ0v) is 35.1. The highest BCUT2D eigenvalue weighted by Gasteiger charge is 2.38. The maximum Gasteiger partial charge on any atom is 0.234 e. The standard InChI is InChI=1S/C51H57N3OS2/c1-3-53(4-2)37-23-38-54(39-41-57-51(46-30-17-8-18-31-46,47-32-19-9-20-33-47)48-34-21-10-22-35-48)42-49(55)52-36-40-56-50(43-24-11-5-12-25-43,44-26-13-6-14-27-44)45-28-15-7-16-29-45/h5-22,24-35H,3-4,23,36-42H2,1-2H3,(H,52,55). The van der Waals surface area contributed by atoms with Crippen LogP contribution < -0.4 is 5.32 Å². The van der Waals surface area contributed by atoms with E-state index in [0.29, 0.717) is 13.1 Å². The number of carbonyl (C=O) groups is 1. The highest BCUT2D eigenvalue weighted by molar-refractivity contribution is 8.00. The molecule has 0 heterocycles. The van der Waals surface area contributed by atoms with Crippen LogP contribution >= 0.6 is 23.5 Å². The second-order valence-electron chi connectivity index (χ2n) is 14.3. The lowest BCUT2D eigenvalue weighted by atomic mass is 9.84.